The van der Waals surface area contributed by atoms with Gasteiger partial charge in [0.25, 0.3) is 0 Å². The Labute approximate surface area is 319 Å². The Morgan fingerprint density at radius 2 is 1.72 bits per heavy atom. The maximum atomic E-state index is 14.6. The molecule has 2 heterocycles. The molecule has 0 radical (unpaired) electrons. The lowest BCUT2D eigenvalue weighted by molar-refractivity contribution is -0.342. The first-order chi connectivity index (χ1) is 25.1. The van der Waals surface area contributed by atoms with E-state index in [1.165, 1.54) is 0 Å². The van der Waals surface area contributed by atoms with Crippen molar-refractivity contribution in [1.82, 2.24) is 0 Å². The van der Waals surface area contributed by atoms with E-state index < -0.39 is 88.1 Å². The van der Waals surface area contributed by atoms with Crippen LogP contribution in [0.1, 0.15) is 85.0 Å². The number of carbonyl (C=O) groups excluding carboxylic acids is 2. The lowest BCUT2D eigenvalue weighted by atomic mass is 9.45. The molecular formula is C41H62O10Si2. The lowest BCUT2D eigenvalue weighted by Gasteiger charge is -2.69. The summed E-state index contributed by atoms with van der Waals surface area (Å²) in [6, 6.07) is 12.0. The fraction of sp³-hybridized carbons (Fsp3) is 0.707. The number of esters is 1. The number of ether oxygens (including phenoxy) is 6. The van der Waals surface area contributed by atoms with Crippen LogP contribution in [-0.4, -0.2) is 90.7 Å². The van der Waals surface area contributed by atoms with Crippen LogP contribution in [0.15, 0.2) is 54.1 Å². The molecule has 1 aromatic rings. The third kappa shape index (κ3) is 6.41. The first-order valence-electron chi connectivity index (χ1n) is 19.9. The molecule has 4 fully saturated rings. The summed E-state index contributed by atoms with van der Waals surface area (Å²) < 4.78 is 54.2. The zero-order chi connectivity index (χ0) is 38.6. The Morgan fingerprint density at radius 1 is 1.04 bits per heavy atom. The second kappa shape index (κ2) is 15.0. The summed E-state index contributed by atoms with van der Waals surface area (Å²) in [6.45, 7) is 25.9. The molecule has 1 aromatic carbocycles. The van der Waals surface area contributed by atoms with Gasteiger partial charge in [0.15, 0.2) is 29.2 Å². The zero-order valence-corrected chi connectivity index (χ0v) is 35.7. The standard InChI is InChI=1S/C41H62O10Si2/c1-12-30-46-32-31-26(6)28(50-53(14-3,15-4)16-5)24-41(38(31,7)8,51-52(10)11)35(48-36(42)27-20-18-17-19-21-27)33-39(9,34(32)47-30)23-22-29-40(33,25-45-29)49-37(43)44-13-2/h12,17-21,28-30,32-35,52H,1,13-16,22-25H2,2-11H3/t28?,29?,30?,32?,33?,34?,35?,39-,40?,41?/m1/s1. The van der Waals surface area contributed by atoms with Crippen LogP contribution in [0.5, 0.6) is 0 Å². The Balaban J connectivity index is 1.69. The van der Waals surface area contributed by atoms with Gasteiger partial charge >= 0.3 is 12.1 Å². The van der Waals surface area contributed by atoms with Crippen LogP contribution < -0.4 is 0 Å². The molecule has 9 unspecified atom stereocenters. The highest BCUT2D eigenvalue weighted by Crippen LogP contribution is 2.67. The first kappa shape index (κ1) is 40.3. The van der Waals surface area contributed by atoms with Crippen molar-refractivity contribution in [3.05, 3.63) is 59.7 Å². The van der Waals surface area contributed by atoms with E-state index in [4.69, 9.17) is 37.3 Å². The van der Waals surface area contributed by atoms with E-state index in [9.17, 15) is 9.59 Å². The van der Waals surface area contributed by atoms with Crippen LogP contribution in [0.2, 0.25) is 31.2 Å². The summed E-state index contributed by atoms with van der Waals surface area (Å²) in [5.41, 5.74) is -1.23. The highest BCUT2D eigenvalue weighted by Gasteiger charge is 2.77. The predicted molar refractivity (Wildman–Crippen MR) is 207 cm³/mol. The highest BCUT2D eigenvalue weighted by atomic mass is 28.4. The molecule has 10 atom stereocenters. The van der Waals surface area contributed by atoms with Crippen LogP contribution in [0.25, 0.3) is 0 Å². The summed E-state index contributed by atoms with van der Waals surface area (Å²) in [5, 5.41) is 0. The van der Waals surface area contributed by atoms with Gasteiger partial charge in [0.1, 0.15) is 23.9 Å². The minimum atomic E-state index is -2.19. The molecule has 10 nitrogen and oxygen atoms in total. The van der Waals surface area contributed by atoms with Crippen molar-refractivity contribution in [3.63, 3.8) is 0 Å². The first-order valence-corrected chi connectivity index (χ1v) is 25.2. The van der Waals surface area contributed by atoms with Crippen molar-refractivity contribution >= 4 is 29.5 Å². The van der Waals surface area contributed by atoms with Crippen LogP contribution >= 0.6 is 0 Å². The summed E-state index contributed by atoms with van der Waals surface area (Å²) >= 11 is 0. The van der Waals surface area contributed by atoms with Gasteiger partial charge in [-0.15, -0.1) is 0 Å². The molecule has 53 heavy (non-hydrogen) atoms. The topological polar surface area (TPSA) is 108 Å². The van der Waals surface area contributed by atoms with Crippen LogP contribution in [0.4, 0.5) is 4.79 Å². The molecule has 3 aliphatic carbocycles. The number of rotatable bonds is 12. The maximum absolute atomic E-state index is 14.6. The molecule has 2 aliphatic heterocycles. The minimum absolute atomic E-state index is 0.119. The van der Waals surface area contributed by atoms with Crippen LogP contribution in [0, 0.1) is 16.7 Å². The highest BCUT2D eigenvalue weighted by molar-refractivity contribution is 6.73. The van der Waals surface area contributed by atoms with Gasteiger partial charge in [0.05, 0.1) is 36.9 Å². The summed E-state index contributed by atoms with van der Waals surface area (Å²) in [4.78, 5) is 28.2. The van der Waals surface area contributed by atoms with E-state index in [1.54, 1.807) is 25.1 Å². The normalized spacial score (nSPS) is 37.3. The third-order valence-corrected chi connectivity index (χ3v) is 19.2. The van der Waals surface area contributed by atoms with Crippen LogP contribution in [0.3, 0.4) is 0 Å². The van der Waals surface area contributed by atoms with Gasteiger partial charge in [-0.25, -0.2) is 9.59 Å². The van der Waals surface area contributed by atoms with Crippen molar-refractivity contribution in [1.29, 1.82) is 0 Å². The van der Waals surface area contributed by atoms with Gasteiger partial charge < -0.3 is 37.3 Å². The molecule has 0 amide bonds. The third-order valence-electron chi connectivity index (χ3n) is 13.6. The average Bonchev–Trinajstić information content (AvgIpc) is 3.55. The van der Waals surface area contributed by atoms with E-state index in [0.717, 1.165) is 29.3 Å². The van der Waals surface area contributed by atoms with E-state index >= 15 is 0 Å². The summed E-state index contributed by atoms with van der Waals surface area (Å²) in [7, 11) is -4.12. The molecule has 6 rings (SSSR count). The Bertz CT molecular complexity index is 1550. The van der Waals surface area contributed by atoms with Gasteiger partial charge in [-0.05, 0) is 87.3 Å². The van der Waals surface area contributed by atoms with E-state index in [2.05, 4.69) is 68.1 Å². The molecule has 0 spiro atoms. The fourth-order valence-corrected chi connectivity index (χ4v) is 15.0. The van der Waals surface area contributed by atoms with Crippen LogP contribution in [-0.2, 0) is 37.3 Å². The SMILES string of the molecule is C=CC1OC2C3=C(C)C(O[Si](CC)(CC)CC)CC(O[SiH](C)C)(C(OC(=O)c4ccccc4)C4C5(OC(=O)OCC)COC5CC[C@@]4(C)C2O1)C3(C)C. The number of benzene rings is 1. The molecule has 0 aromatic heterocycles. The van der Waals surface area contributed by atoms with Crippen molar-refractivity contribution in [2.45, 2.75) is 154 Å². The molecular weight excluding hydrogens is 709 g/mol. The molecule has 2 bridgehead atoms. The number of hydrogen-bond acceptors (Lipinski definition) is 10. The smallest absolute Gasteiger partial charge is 0.455 e. The summed E-state index contributed by atoms with van der Waals surface area (Å²) in [5.74, 6) is -1.11. The number of hydrogen-bond donors (Lipinski definition) is 0. The van der Waals surface area contributed by atoms with Gasteiger partial charge in [0, 0.05) is 17.3 Å². The molecule has 0 N–H and O–H groups in total. The number of carbonyl (C=O) groups is 2. The minimum Gasteiger partial charge on any atom is -0.455 e. The lowest BCUT2D eigenvalue weighted by Crippen LogP contribution is -2.80. The Morgan fingerprint density at radius 3 is 2.28 bits per heavy atom. The molecule has 2 saturated heterocycles. The second-order valence-electron chi connectivity index (χ2n) is 16.8. The van der Waals surface area contributed by atoms with Gasteiger partial charge in [0.2, 0.25) is 0 Å². The molecule has 5 aliphatic rings. The molecule has 12 heteroatoms. The Hall–Kier alpha value is -2.33. The maximum Gasteiger partial charge on any atom is 0.509 e. The fourth-order valence-electron chi connectivity index (χ4n) is 10.8. The largest absolute Gasteiger partial charge is 0.509 e. The van der Waals surface area contributed by atoms with E-state index in [1.807, 2.05) is 18.2 Å². The second-order valence-corrected chi connectivity index (χ2v) is 23.9. The monoisotopic (exact) mass is 770 g/mol. The van der Waals surface area contributed by atoms with Crippen molar-refractivity contribution in [2.75, 3.05) is 13.2 Å². The summed E-state index contributed by atoms with van der Waals surface area (Å²) in [6.07, 6.45) is -0.743. The van der Waals surface area contributed by atoms with E-state index in [0.29, 0.717) is 24.8 Å². The quantitative estimate of drug-likeness (QED) is 0.118. The van der Waals surface area contributed by atoms with Gasteiger partial charge in [-0.3, -0.25) is 0 Å². The van der Waals surface area contributed by atoms with E-state index in [-0.39, 0.29) is 19.3 Å². The van der Waals surface area contributed by atoms with Crippen molar-refractivity contribution in [2.24, 2.45) is 16.7 Å². The molecule has 294 valence electrons. The average molecular weight is 771 g/mol. The van der Waals surface area contributed by atoms with Crippen molar-refractivity contribution in [3.8, 4) is 0 Å². The van der Waals surface area contributed by atoms with Crippen molar-refractivity contribution < 1.29 is 46.9 Å². The van der Waals surface area contributed by atoms with Gasteiger partial charge in [-0.2, -0.15) is 0 Å². The zero-order valence-electron chi connectivity index (χ0n) is 33.5. The van der Waals surface area contributed by atoms with Gasteiger partial charge in [-0.1, -0.05) is 66.3 Å². The Kier molecular flexibility index (Phi) is 11.4. The predicted octanol–water partition coefficient (Wildman–Crippen LogP) is 8.12. The molecule has 2 saturated carbocycles. The number of fused-ring (bicyclic) bond motifs is 8.